The zero-order valence-corrected chi connectivity index (χ0v) is 11.3. The molecule has 0 unspecified atom stereocenters. The summed E-state index contributed by atoms with van der Waals surface area (Å²) in [6.07, 6.45) is 0. The van der Waals surface area contributed by atoms with Crippen molar-refractivity contribution in [3.05, 3.63) is 16.4 Å². The fourth-order valence-corrected chi connectivity index (χ4v) is 1.53. The summed E-state index contributed by atoms with van der Waals surface area (Å²) >= 11 is 5.99. The van der Waals surface area contributed by atoms with E-state index in [1.807, 2.05) is 0 Å². The molecule has 0 N–H and O–H groups in total. The highest BCUT2D eigenvalue weighted by Gasteiger charge is 2.33. The van der Waals surface area contributed by atoms with Crippen LogP contribution in [0.1, 0.15) is 41.6 Å². The molecule has 5 nitrogen and oxygen atoms in total. The lowest BCUT2D eigenvalue weighted by Gasteiger charge is -2.16. The van der Waals surface area contributed by atoms with Crippen LogP contribution in [-0.4, -0.2) is 28.6 Å². The fourth-order valence-electron chi connectivity index (χ4n) is 1.32. The molecule has 0 bridgehead atoms. The lowest BCUT2D eigenvalue weighted by atomic mass is 9.86. The second-order valence-electron chi connectivity index (χ2n) is 4.71. The summed E-state index contributed by atoms with van der Waals surface area (Å²) in [7, 11) is 2.80. The van der Waals surface area contributed by atoms with Crippen LogP contribution in [0.5, 0.6) is 0 Å². The summed E-state index contributed by atoms with van der Waals surface area (Å²) in [5, 5.41) is 4.05. The molecule has 0 atom stereocenters. The SMILES string of the molecule is COC(=O)c1nn(C)c(Cl)c1C(=O)C(C)(C)C. The second-order valence-corrected chi connectivity index (χ2v) is 5.07. The van der Waals surface area contributed by atoms with Gasteiger partial charge >= 0.3 is 5.97 Å². The van der Waals surface area contributed by atoms with Crippen LogP contribution in [0.2, 0.25) is 5.15 Å². The van der Waals surface area contributed by atoms with Crippen molar-refractivity contribution in [2.75, 3.05) is 7.11 Å². The monoisotopic (exact) mass is 258 g/mol. The van der Waals surface area contributed by atoms with Crippen molar-refractivity contribution in [1.82, 2.24) is 9.78 Å². The summed E-state index contributed by atoms with van der Waals surface area (Å²) in [6.45, 7) is 5.25. The van der Waals surface area contributed by atoms with Crippen molar-refractivity contribution in [3.8, 4) is 0 Å². The minimum Gasteiger partial charge on any atom is -0.464 e. The van der Waals surface area contributed by atoms with Crippen LogP contribution < -0.4 is 0 Å². The first-order chi connectivity index (χ1) is 7.70. The van der Waals surface area contributed by atoms with Crippen LogP contribution >= 0.6 is 11.6 Å². The number of aromatic nitrogens is 2. The predicted molar refractivity (Wildman–Crippen MR) is 63.3 cm³/mol. The average Bonchev–Trinajstić information content (AvgIpc) is 2.52. The largest absolute Gasteiger partial charge is 0.464 e. The van der Waals surface area contributed by atoms with Gasteiger partial charge in [-0.05, 0) is 0 Å². The van der Waals surface area contributed by atoms with E-state index in [-0.39, 0.29) is 22.2 Å². The number of hydrogen-bond acceptors (Lipinski definition) is 4. The van der Waals surface area contributed by atoms with Crippen molar-refractivity contribution < 1.29 is 14.3 Å². The Morgan fingerprint density at radius 1 is 1.35 bits per heavy atom. The normalized spacial score (nSPS) is 11.4. The highest BCUT2D eigenvalue weighted by atomic mass is 35.5. The molecule has 0 saturated heterocycles. The Kier molecular flexibility index (Phi) is 3.62. The molecule has 1 rings (SSSR count). The molecule has 0 aliphatic carbocycles. The number of hydrogen-bond donors (Lipinski definition) is 0. The summed E-state index contributed by atoms with van der Waals surface area (Å²) in [5.41, 5.74) is -0.566. The van der Waals surface area contributed by atoms with E-state index in [0.717, 1.165) is 0 Å². The maximum atomic E-state index is 12.2. The van der Waals surface area contributed by atoms with Gasteiger partial charge < -0.3 is 4.74 Å². The molecule has 0 saturated carbocycles. The number of aryl methyl sites for hydroxylation is 1. The minimum absolute atomic E-state index is 0.0417. The number of methoxy groups -OCH3 is 1. The molecule has 0 fully saturated rings. The van der Waals surface area contributed by atoms with Crippen LogP contribution in [0.3, 0.4) is 0 Å². The lowest BCUT2D eigenvalue weighted by Crippen LogP contribution is -2.22. The summed E-state index contributed by atoms with van der Waals surface area (Å²) in [6, 6.07) is 0. The van der Waals surface area contributed by atoms with Gasteiger partial charge in [-0.2, -0.15) is 5.10 Å². The van der Waals surface area contributed by atoms with E-state index < -0.39 is 11.4 Å². The first kappa shape index (κ1) is 13.7. The number of halogens is 1. The molecule has 1 aromatic rings. The van der Waals surface area contributed by atoms with Gasteiger partial charge in [0, 0.05) is 12.5 Å². The first-order valence-electron chi connectivity index (χ1n) is 5.05. The number of ether oxygens (including phenoxy) is 1. The Balaban J connectivity index is 3.41. The van der Waals surface area contributed by atoms with Crippen molar-refractivity contribution >= 4 is 23.4 Å². The number of esters is 1. The van der Waals surface area contributed by atoms with Gasteiger partial charge in [0.1, 0.15) is 5.15 Å². The maximum absolute atomic E-state index is 12.2. The molecule has 1 aromatic heterocycles. The number of carbonyl (C=O) groups excluding carboxylic acids is 2. The number of rotatable bonds is 2. The minimum atomic E-state index is -0.667. The Labute approximate surface area is 105 Å². The van der Waals surface area contributed by atoms with Gasteiger partial charge in [0.05, 0.1) is 12.7 Å². The Morgan fingerprint density at radius 3 is 2.29 bits per heavy atom. The smallest absolute Gasteiger partial charge is 0.359 e. The van der Waals surface area contributed by atoms with Gasteiger partial charge in [0.25, 0.3) is 0 Å². The Bertz CT molecular complexity index is 472. The van der Waals surface area contributed by atoms with Crippen LogP contribution in [0.4, 0.5) is 0 Å². The molecule has 6 heteroatoms. The number of nitrogens with zero attached hydrogens (tertiary/aromatic N) is 2. The molecular formula is C11H15ClN2O3. The van der Waals surface area contributed by atoms with E-state index in [4.69, 9.17) is 11.6 Å². The van der Waals surface area contributed by atoms with E-state index in [1.165, 1.54) is 11.8 Å². The topological polar surface area (TPSA) is 61.2 Å². The lowest BCUT2D eigenvalue weighted by molar-refractivity contribution is 0.0587. The third kappa shape index (κ3) is 2.49. The zero-order chi connectivity index (χ0) is 13.4. The fraction of sp³-hybridized carbons (Fsp3) is 0.545. The van der Waals surface area contributed by atoms with Crippen molar-refractivity contribution in [1.29, 1.82) is 0 Å². The quantitative estimate of drug-likeness (QED) is 0.602. The van der Waals surface area contributed by atoms with Gasteiger partial charge in [0.15, 0.2) is 11.5 Å². The van der Waals surface area contributed by atoms with Crippen LogP contribution in [-0.2, 0) is 11.8 Å². The third-order valence-corrected chi connectivity index (χ3v) is 2.70. The van der Waals surface area contributed by atoms with E-state index in [0.29, 0.717) is 0 Å². The van der Waals surface area contributed by atoms with E-state index >= 15 is 0 Å². The number of Topliss-reactive ketones (excluding diaryl/α,β-unsaturated/α-hetero) is 1. The van der Waals surface area contributed by atoms with Crippen LogP contribution in [0.15, 0.2) is 0 Å². The summed E-state index contributed by atoms with van der Waals surface area (Å²) in [4.78, 5) is 23.7. The second kappa shape index (κ2) is 4.49. The first-order valence-corrected chi connectivity index (χ1v) is 5.43. The Morgan fingerprint density at radius 2 is 1.88 bits per heavy atom. The summed E-state index contributed by atoms with van der Waals surface area (Å²) in [5.74, 6) is -0.906. The molecule has 0 amide bonds. The van der Waals surface area contributed by atoms with Crippen molar-refractivity contribution in [3.63, 3.8) is 0 Å². The molecule has 0 radical (unpaired) electrons. The van der Waals surface area contributed by atoms with Gasteiger partial charge in [-0.1, -0.05) is 32.4 Å². The number of ketones is 1. The van der Waals surface area contributed by atoms with E-state index in [2.05, 4.69) is 9.84 Å². The molecule has 17 heavy (non-hydrogen) atoms. The van der Waals surface area contributed by atoms with Gasteiger partial charge in [-0.25, -0.2) is 4.79 Å². The Hall–Kier alpha value is -1.36. The van der Waals surface area contributed by atoms with Crippen LogP contribution in [0.25, 0.3) is 0 Å². The predicted octanol–water partition coefficient (Wildman–Crippen LogP) is 2.09. The zero-order valence-electron chi connectivity index (χ0n) is 10.5. The van der Waals surface area contributed by atoms with E-state index in [1.54, 1.807) is 27.8 Å². The molecule has 0 spiro atoms. The third-order valence-electron chi connectivity index (χ3n) is 2.26. The maximum Gasteiger partial charge on any atom is 0.359 e. The molecule has 0 aliphatic rings. The van der Waals surface area contributed by atoms with Crippen LogP contribution in [0, 0.1) is 5.41 Å². The molecule has 0 aliphatic heterocycles. The standard InChI is InChI=1S/C11H15ClN2O3/c1-11(2,3)8(15)6-7(10(16)17-5)13-14(4)9(6)12/h1-5H3. The molecule has 94 valence electrons. The molecular weight excluding hydrogens is 244 g/mol. The van der Waals surface area contributed by atoms with E-state index in [9.17, 15) is 9.59 Å². The molecule has 0 aromatic carbocycles. The van der Waals surface area contributed by atoms with Gasteiger partial charge in [-0.15, -0.1) is 0 Å². The average molecular weight is 259 g/mol. The van der Waals surface area contributed by atoms with Crippen molar-refractivity contribution in [2.24, 2.45) is 12.5 Å². The number of carbonyl (C=O) groups is 2. The highest BCUT2D eigenvalue weighted by Crippen LogP contribution is 2.28. The van der Waals surface area contributed by atoms with Gasteiger partial charge in [0.2, 0.25) is 0 Å². The molecule has 1 heterocycles. The van der Waals surface area contributed by atoms with Crippen molar-refractivity contribution in [2.45, 2.75) is 20.8 Å². The summed E-state index contributed by atoms with van der Waals surface area (Å²) < 4.78 is 5.87. The van der Waals surface area contributed by atoms with Gasteiger partial charge in [-0.3, -0.25) is 9.48 Å². The highest BCUT2D eigenvalue weighted by molar-refractivity contribution is 6.34.